The van der Waals surface area contributed by atoms with Gasteiger partial charge in [-0.15, -0.1) is 11.3 Å². The van der Waals surface area contributed by atoms with Crippen LogP contribution in [0, 0.1) is 35.5 Å². The van der Waals surface area contributed by atoms with E-state index in [0.29, 0.717) is 72.0 Å². The van der Waals surface area contributed by atoms with Gasteiger partial charge in [0.2, 0.25) is 35.4 Å². The van der Waals surface area contributed by atoms with Crippen molar-refractivity contribution in [1.29, 1.82) is 0 Å². The van der Waals surface area contributed by atoms with Gasteiger partial charge in [-0.2, -0.15) is 0 Å². The first kappa shape index (κ1) is 57.9. The summed E-state index contributed by atoms with van der Waals surface area (Å²) in [5.41, 5.74) is 6.30. The molecule has 22 nitrogen and oxygen atoms in total. The zero-order chi connectivity index (χ0) is 57.9. The van der Waals surface area contributed by atoms with Crippen LogP contribution in [0.3, 0.4) is 0 Å². The summed E-state index contributed by atoms with van der Waals surface area (Å²) in [5.74, 6) is 2.38. The molecule has 1 aliphatic carbocycles. The summed E-state index contributed by atoms with van der Waals surface area (Å²) in [4.78, 5) is 158. The molecule has 0 radical (unpaired) electrons. The number of nitrogens with two attached hydrogens (primary N) is 1. The molecular formula is C57H64N9O13PS. The number of likely N-dealkylation sites (tertiary alicyclic amines) is 2. The van der Waals surface area contributed by atoms with Gasteiger partial charge >= 0.3 is 13.6 Å². The molecule has 4 aromatic rings. The van der Waals surface area contributed by atoms with E-state index in [1.165, 1.54) is 34.1 Å². The van der Waals surface area contributed by atoms with Crippen LogP contribution < -0.4 is 32.3 Å². The van der Waals surface area contributed by atoms with E-state index < -0.39 is 85.4 Å². The number of nitrogens with one attached hydrogen (secondary N) is 5. The summed E-state index contributed by atoms with van der Waals surface area (Å²) >= 11 is 1.06. The molecule has 5 heterocycles. The molecule has 3 aromatic carbocycles. The number of benzene rings is 3. The van der Waals surface area contributed by atoms with Crippen LogP contribution in [-0.4, -0.2) is 134 Å². The molecule has 0 bridgehead atoms. The van der Waals surface area contributed by atoms with E-state index >= 15 is 0 Å². The maximum Gasteiger partial charge on any atom is 0.396 e. The number of fused-ring (bicyclic) bond motifs is 3. The number of hydrogen-bond donors (Lipinski definition) is 8. The third kappa shape index (κ3) is 12.9. The number of thiophene rings is 1. The molecule has 10 amide bonds. The van der Waals surface area contributed by atoms with Crippen molar-refractivity contribution in [3.63, 3.8) is 0 Å². The lowest BCUT2D eigenvalue weighted by Crippen LogP contribution is -2.60. The van der Waals surface area contributed by atoms with Crippen molar-refractivity contribution in [2.75, 3.05) is 26.2 Å². The minimum Gasteiger partial charge on any atom is -0.352 e. The zero-order valence-corrected chi connectivity index (χ0v) is 46.4. The number of nitrogens with zero attached hydrogens (tertiary/aromatic N) is 3. The molecule has 0 spiro atoms. The summed E-state index contributed by atoms with van der Waals surface area (Å²) < 4.78 is 12.2. The number of primary amides is 1. The Bertz CT molecular complexity index is 3310. The molecule has 81 heavy (non-hydrogen) atoms. The average molecular weight is 1150 g/mol. The Balaban J connectivity index is 0.835. The molecule has 3 saturated heterocycles. The van der Waals surface area contributed by atoms with Crippen LogP contribution in [0.25, 0.3) is 10.1 Å². The number of carbonyl (C=O) groups excluding carboxylic acids is 10. The Morgan fingerprint density at radius 2 is 1.65 bits per heavy atom. The molecule has 1 aromatic heterocycles. The van der Waals surface area contributed by atoms with Crippen molar-refractivity contribution in [2.24, 2.45) is 29.4 Å². The Kier molecular flexibility index (Phi) is 17.5. The van der Waals surface area contributed by atoms with Crippen molar-refractivity contribution < 1.29 is 62.3 Å². The topological polar surface area (TPSA) is 324 Å². The fourth-order valence-electron chi connectivity index (χ4n) is 11.6. The highest BCUT2D eigenvalue weighted by molar-refractivity contribution is 7.70. The molecule has 4 unspecified atom stereocenters. The predicted octanol–water partition coefficient (Wildman–Crippen LogP) is 3.44. The summed E-state index contributed by atoms with van der Waals surface area (Å²) in [7, 11) is -5.06. The molecule has 4 aliphatic heterocycles. The first-order valence-electron chi connectivity index (χ1n) is 27.2. The molecule has 8 atom stereocenters. The van der Waals surface area contributed by atoms with Crippen LogP contribution in [0.5, 0.6) is 0 Å². The van der Waals surface area contributed by atoms with Gasteiger partial charge in [-0.3, -0.25) is 53.0 Å². The number of hydrogen-bond acceptors (Lipinski definition) is 12. The van der Waals surface area contributed by atoms with Crippen molar-refractivity contribution in [3.05, 3.63) is 105 Å². The monoisotopic (exact) mass is 1150 g/mol. The first-order chi connectivity index (χ1) is 38.7. The lowest BCUT2D eigenvalue weighted by Gasteiger charge is -2.35. The van der Waals surface area contributed by atoms with E-state index in [4.69, 9.17) is 5.73 Å². The molecule has 1 saturated carbocycles. The first-order valence-corrected chi connectivity index (χ1v) is 29.6. The fourth-order valence-corrected chi connectivity index (χ4v) is 13.1. The molecule has 5 aliphatic rings. The predicted molar refractivity (Wildman–Crippen MR) is 295 cm³/mol. The summed E-state index contributed by atoms with van der Waals surface area (Å²) in [6.07, 6.45) is 4.51. The summed E-state index contributed by atoms with van der Waals surface area (Å²) in [5, 5.41) is 13.6. The van der Waals surface area contributed by atoms with E-state index in [9.17, 15) is 62.3 Å². The van der Waals surface area contributed by atoms with Crippen molar-refractivity contribution in [2.45, 2.75) is 108 Å². The third-order valence-corrected chi connectivity index (χ3v) is 18.1. The lowest BCUT2D eigenvalue weighted by molar-refractivity contribution is -0.142. The average Bonchev–Trinajstić information content (AvgIpc) is 3.93. The molecule has 9 N–H and O–H groups in total. The van der Waals surface area contributed by atoms with E-state index in [0.717, 1.165) is 23.3 Å². The van der Waals surface area contributed by atoms with Crippen LogP contribution in [0.1, 0.15) is 125 Å². The van der Waals surface area contributed by atoms with E-state index in [1.807, 2.05) is 19.9 Å². The largest absolute Gasteiger partial charge is 0.396 e. The second-order valence-electron chi connectivity index (χ2n) is 21.4. The Morgan fingerprint density at radius 1 is 0.901 bits per heavy atom. The standard InChI is InChI=1S/C57H64N9O13PS/c1-3-4-17-40(60-51(70)44-27-36-26-35(18-20-43(36)81-44)56(75)80(77,78)79)54(73)66-29-38-31(2)46(38)48(66)52(71)61-41(28-59-57(58)76)49(68)63-47(34-13-6-5-7-14-34)55(74)64-24-22-32(23-25-64)11-8-9-12-33-15-10-16-37-39(33)30-65(53(37)72)42-19-21-45(67)62-50(42)69/h5-7,10,13-16,18,20,26-27,31-32,38,40-42,46-48H,3-4,8,11,17,19,21-25,28-30H2,1-2H3,(H,60,70)(H,61,71)(H,63,68)(H3,58,59,76)(H,62,67,69)(H2,77,78,79)/t31?,38?,40-,41-,42?,46?,47-,48-/m0/s1. The SMILES string of the molecule is CCCC[C@H](NC(=O)c1cc2cc(C(=O)P(=O)(O)O)ccc2s1)C(=O)N1CC2C(C)C2[C@H]1C(=O)N[C@@H](CNC(N)=O)C(=O)N[C@H](C(=O)N1CCC(CCC#Cc2cccc3c2CN(C2CCC(=O)NC2=O)C3=O)CC1)c1ccccc1. The van der Waals surface area contributed by atoms with Crippen LogP contribution >= 0.6 is 18.9 Å². The van der Waals surface area contributed by atoms with E-state index in [1.54, 1.807) is 47.4 Å². The maximum atomic E-state index is 14.6. The Morgan fingerprint density at radius 3 is 2.36 bits per heavy atom. The van der Waals surface area contributed by atoms with E-state index in [-0.39, 0.29) is 84.2 Å². The molecule has 426 valence electrons. The van der Waals surface area contributed by atoms with E-state index in [2.05, 4.69) is 38.4 Å². The number of imide groups is 1. The summed E-state index contributed by atoms with van der Waals surface area (Å²) in [6, 6.07) is 13.0. The minimum atomic E-state index is -5.06. The Labute approximate surface area is 470 Å². The minimum absolute atomic E-state index is 0.0436. The highest BCUT2D eigenvalue weighted by atomic mass is 32.1. The van der Waals surface area contributed by atoms with Crippen LogP contribution in [0.4, 0.5) is 4.79 Å². The molecular weight excluding hydrogens is 1080 g/mol. The number of amides is 10. The molecule has 9 rings (SSSR count). The number of urea groups is 1. The lowest BCUT2D eigenvalue weighted by atomic mass is 9.91. The van der Waals surface area contributed by atoms with Crippen LogP contribution in [0.2, 0.25) is 0 Å². The number of piperidine rings is 3. The summed E-state index contributed by atoms with van der Waals surface area (Å²) in [6.45, 7) is 4.64. The number of unbranched alkanes of at least 4 members (excludes halogenated alkanes) is 1. The van der Waals surface area contributed by atoms with Gasteiger partial charge < -0.3 is 51.5 Å². The van der Waals surface area contributed by atoms with Crippen LogP contribution in [-0.2, 0) is 39.9 Å². The second-order valence-corrected chi connectivity index (χ2v) is 24.0. The van der Waals surface area contributed by atoms with Gasteiger partial charge in [-0.05, 0) is 109 Å². The van der Waals surface area contributed by atoms with Crippen LogP contribution in [0.15, 0.2) is 72.8 Å². The van der Waals surface area contributed by atoms with Gasteiger partial charge in [0.15, 0.2) is 0 Å². The number of rotatable bonds is 19. The van der Waals surface area contributed by atoms with Crippen molar-refractivity contribution in [1.82, 2.24) is 41.3 Å². The highest BCUT2D eigenvalue weighted by Crippen LogP contribution is 2.55. The van der Waals surface area contributed by atoms with Gasteiger partial charge in [-0.25, -0.2) is 4.79 Å². The quantitative estimate of drug-likeness (QED) is 0.0380. The maximum absolute atomic E-state index is 14.6. The van der Waals surface area contributed by atoms with Gasteiger partial charge in [0, 0.05) is 67.0 Å². The zero-order valence-electron chi connectivity index (χ0n) is 44.7. The smallest absolute Gasteiger partial charge is 0.352 e. The second kappa shape index (κ2) is 24.5. The fraction of sp³-hybridized carbons (Fsp3) is 0.439. The highest BCUT2D eigenvalue weighted by Gasteiger charge is 2.63. The van der Waals surface area contributed by atoms with Crippen molar-refractivity contribution in [3.8, 4) is 11.8 Å². The van der Waals surface area contributed by atoms with Gasteiger partial charge in [0.1, 0.15) is 30.2 Å². The third-order valence-electron chi connectivity index (χ3n) is 16.2. The molecule has 4 fully saturated rings. The normalized spacial score (nSPS) is 21.6. The van der Waals surface area contributed by atoms with Gasteiger partial charge in [0.25, 0.3) is 17.3 Å². The Hall–Kier alpha value is -7.77. The number of carbonyl (C=O) groups is 10. The molecule has 24 heteroatoms. The van der Waals surface area contributed by atoms with Gasteiger partial charge in [-0.1, -0.05) is 74.9 Å². The van der Waals surface area contributed by atoms with Crippen molar-refractivity contribution >= 4 is 87.8 Å². The van der Waals surface area contributed by atoms with Gasteiger partial charge in [0.05, 0.1) is 4.88 Å².